The predicted molar refractivity (Wildman–Crippen MR) is 70.3 cm³/mol. The molecule has 1 aromatic heterocycles. The average Bonchev–Trinajstić information content (AvgIpc) is 2.83. The molecular formula is C13H23N3O2. The molecule has 0 spiro atoms. The van der Waals surface area contributed by atoms with Gasteiger partial charge in [-0.15, -0.1) is 0 Å². The Morgan fingerprint density at radius 1 is 1.56 bits per heavy atom. The van der Waals surface area contributed by atoms with E-state index in [2.05, 4.69) is 10.4 Å². The standard InChI is InChI=1S/C13H23N3O2/c1-4-16-9-11(8-15-16)12(18)14-7-5-6-13(2,3)10-17/h8-9,17H,4-7,10H2,1-3H3,(H,14,18). The van der Waals surface area contributed by atoms with Gasteiger partial charge in [0.1, 0.15) is 0 Å². The van der Waals surface area contributed by atoms with Crippen LogP contribution in [0.3, 0.4) is 0 Å². The summed E-state index contributed by atoms with van der Waals surface area (Å²) in [4.78, 5) is 11.8. The Morgan fingerprint density at radius 2 is 2.28 bits per heavy atom. The number of aliphatic hydroxyl groups excluding tert-OH is 1. The minimum Gasteiger partial charge on any atom is -0.396 e. The first-order chi connectivity index (χ1) is 8.48. The molecule has 102 valence electrons. The molecule has 0 bridgehead atoms. The summed E-state index contributed by atoms with van der Waals surface area (Å²) in [5.41, 5.74) is 0.524. The molecule has 1 amide bonds. The Morgan fingerprint density at radius 3 is 2.83 bits per heavy atom. The Balaban J connectivity index is 2.29. The fraction of sp³-hybridized carbons (Fsp3) is 0.692. The van der Waals surface area contributed by atoms with Crippen molar-refractivity contribution in [1.29, 1.82) is 0 Å². The van der Waals surface area contributed by atoms with E-state index in [1.807, 2.05) is 20.8 Å². The molecule has 0 aliphatic heterocycles. The van der Waals surface area contributed by atoms with E-state index >= 15 is 0 Å². The van der Waals surface area contributed by atoms with E-state index in [9.17, 15) is 4.79 Å². The number of amides is 1. The Labute approximate surface area is 108 Å². The molecule has 0 unspecified atom stereocenters. The van der Waals surface area contributed by atoms with Crippen LogP contribution >= 0.6 is 0 Å². The summed E-state index contributed by atoms with van der Waals surface area (Å²) in [5.74, 6) is -0.0866. The number of aromatic nitrogens is 2. The fourth-order valence-electron chi connectivity index (χ4n) is 1.60. The van der Waals surface area contributed by atoms with Crippen LogP contribution in [-0.4, -0.2) is 33.9 Å². The second kappa shape index (κ2) is 6.54. The first-order valence-electron chi connectivity index (χ1n) is 6.40. The molecule has 1 heterocycles. The largest absolute Gasteiger partial charge is 0.396 e. The van der Waals surface area contributed by atoms with Gasteiger partial charge >= 0.3 is 0 Å². The van der Waals surface area contributed by atoms with Crippen LogP contribution in [0.5, 0.6) is 0 Å². The minimum absolute atomic E-state index is 0.0716. The lowest BCUT2D eigenvalue weighted by Crippen LogP contribution is -2.26. The third-order valence-electron chi connectivity index (χ3n) is 2.96. The number of nitrogens with one attached hydrogen (secondary N) is 1. The van der Waals surface area contributed by atoms with Gasteiger partial charge in [-0.05, 0) is 25.2 Å². The lowest BCUT2D eigenvalue weighted by Gasteiger charge is -2.21. The normalized spacial score (nSPS) is 11.6. The second-order valence-electron chi connectivity index (χ2n) is 5.27. The molecule has 0 radical (unpaired) electrons. The maximum Gasteiger partial charge on any atom is 0.254 e. The van der Waals surface area contributed by atoms with E-state index in [-0.39, 0.29) is 17.9 Å². The SMILES string of the molecule is CCn1cc(C(=O)NCCCC(C)(C)CO)cn1. The summed E-state index contributed by atoms with van der Waals surface area (Å²) in [6.07, 6.45) is 5.07. The first kappa shape index (κ1) is 14.7. The third-order valence-corrected chi connectivity index (χ3v) is 2.96. The van der Waals surface area contributed by atoms with Gasteiger partial charge in [0.2, 0.25) is 0 Å². The molecule has 0 aliphatic rings. The van der Waals surface area contributed by atoms with E-state index in [4.69, 9.17) is 5.11 Å². The molecule has 0 saturated carbocycles. The van der Waals surface area contributed by atoms with Gasteiger partial charge in [0.25, 0.3) is 5.91 Å². The summed E-state index contributed by atoms with van der Waals surface area (Å²) in [6.45, 7) is 7.56. The Bertz CT molecular complexity index is 385. The summed E-state index contributed by atoms with van der Waals surface area (Å²) in [6, 6.07) is 0. The first-order valence-corrected chi connectivity index (χ1v) is 6.40. The summed E-state index contributed by atoms with van der Waals surface area (Å²) in [5, 5.41) is 16.0. The van der Waals surface area contributed by atoms with Crippen LogP contribution in [0.1, 0.15) is 44.0 Å². The maximum absolute atomic E-state index is 11.8. The van der Waals surface area contributed by atoms with Crippen molar-refractivity contribution in [3.63, 3.8) is 0 Å². The van der Waals surface area contributed by atoms with E-state index in [1.165, 1.54) is 0 Å². The highest BCUT2D eigenvalue weighted by Gasteiger charge is 2.15. The highest BCUT2D eigenvalue weighted by molar-refractivity contribution is 5.93. The van der Waals surface area contributed by atoms with Crippen molar-refractivity contribution in [2.24, 2.45) is 5.41 Å². The van der Waals surface area contributed by atoms with Gasteiger partial charge in [0.15, 0.2) is 0 Å². The summed E-state index contributed by atoms with van der Waals surface area (Å²) in [7, 11) is 0. The van der Waals surface area contributed by atoms with Gasteiger partial charge in [0, 0.05) is 25.9 Å². The zero-order valence-corrected chi connectivity index (χ0v) is 11.4. The number of carbonyl (C=O) groups excluding carboxylic acids is 1. The molecule has 0 atom stereocenters. The number of rotatable bonds is 7. The highest BCUT2D eigenvalue weighted by atomic mass is 16.3. The van der Waals surface area contributed by atoms with Crippen LogP contribution in [0.15, 0.2) is 12.4 Å². The monoisotopic (exact) mass is 253 g/mol. The Kier molecular flexibility index (Phi) is 5.34. The average molecular weight is 253 g/mol. The molecule has 0 fully saturated rings. The van der Waals surface area contributed by atoms with Gasteiger partial charge in [-0.2, -0.15) is 5.10 Å². The lowest BCUT2D eigenvalue weighted by molar-refractivity contribution is 0.0948. The molecule has 5 heteroatoms. The number of hydrogen-bond donors (Lipinski definition) is 2. The van der Waals surface area contributed by atoms with Gasteiger partial charge in [-0.25, -0.2) is 0 Å². The molecule has 1 rings (SSSR count). The molecule has 1 aromatic rings. The zero-order chi connectivity index (χ0) is 13.6. The number of carbonyl (C=O) groups is 1. The van der Waals surface area contributed by atoms with Crippen LogP contribution in [-0.2, 0) is 6.54 Å². The van der Waals surface area contributed by atoms with Gasteiger partial charge in [0.05, 0.1) is 11.8 Å². The van der Waals surface area contributed by atoms with Crippen LogP contribution < -0.4 is 5.32 Å². The minimum atomic E-state index is -0.0866. The van der Waals surface area contributed by atoms with Crippen molar-refractivity contribution in [2.45, 2.75) is 40.2 Å². The van der Waals surface area contributed by atoms with Crippen molar-refractivity contribution in [2.75, 3.05) is 13.2 Å². The van der Waals surface area contributed by atoms with Gasteiger partial charge < -0.3 is 10.4 Å². The number of aryl methyl sites for hydroxylation is 1. The maximum atomic E-state index is 11.8. The predicted octanol–water partition coefficient (Wildman–Crippen LogP) is 1.43. The smallest absolute Gasteiger partial charge is 0.254 e. The van der Waals surface area contributed by atoms with Gasteiger partial charge in [-0.1, -0.05) is 13.8 Å². The molecule has 5 nitrogen and oxygen atoms in total. The van der Waals surface area contributed by atoms with E-state index in [0.29, 0.717) is 12.1 Å². The molecule has 18 heavy (non-hydrogen) atoms. The highest BCUT2D eigenvalue weighted by Crippen LogP contribution is 2.20. The van der Waals surface area contributed by atoms with Crippen LogP contribution in [0.4, 0.5) is 0 Å². The van der Waals surface area contributed by atoms with Crippen LogP contribution in [0.25, 0.3) is 0 Å². The number of hydrogen-bond acceptors (Lipinski definition) is 3. The molecule has 2 N–H and O–H groups in total. The fourth-order valence-corrected chi connectivity index (χ4v) is 1.60. The third kappa shape index (κ3) is 4.49. The van der Waals surface area contributed by atoms with Crippen LogP contribution in [0, 0.1) is 5.41 Å². The summed E-state index contributed by atoms with van der Waals surface area (Å²) < 4.78 is 1.73. The second-order valence-corrected chi connectivity index (χ2v) is 5.27. The molecule has 0 saturated heterocycles. The topological polar surface area (TPSA) is 67.2 Å². The Hall–Kier alpha value is -1.36. The van der Waals surface area contributed by atoms with Crippen molar-refractivity contribution in [3.8, 4) is 0 Å². The zero-order valence-electron chi connectivity index (χ0n) is 11.4. The van der Waals surface area contributed by atoms with E-state index in [0.717, 1.165) is 19.4 Å². The summed E-state index contributed by atoms with van der Waals surface area (Å²) >= 11 is 0. The van der Waals surface area contributed by atoms with Crippen molar-refractivity contribution >= 4 is 5.91 Å². The van der Waals surface area contributed by atoms with Crippen molar-refractivity contribution in [3.05, 3.63) is 18.0 Å². The number of nitrogens with zero attached hydrogens (tertiary/aromatic N) is 2. The van der Waals surface area contributed by atoms with E-state index < -0.39 is 0 Å². The van der Waals surface area contributed by atoms with Crippen molar-refractivity contribution in [1.82, 2.24) is 15.1 Å². The van der Waals surface area contributed by atoms with Gasteiger partial charge in [-0.3, -0.25) is 9.48 Å². The van der Waals surface area contributed by atoms with E-state index in [1.54, 1.807) is 17.1 Å². The van der Waals surface area contributed by atoms with Crippen LogP contribution in [0.2, 0.25) is 0 Å². The lowest BCUT2D eigenvalue weighted by atomic mass is 9.89. The molecule has 0 aromatic carbocycles. The quantitative estimate of drug-likeness (QED) is 0.722. The molecular weight excluding hydrogens is 230 g/mol. The molecule has 0 aliphatic carbocycles. The number of aliphatic hydroxyl groups is 1. The van der Waals surface area contributed by atoms with Crippen molar-refractivity contribution < 1.29 is 9.90 Å².